The van der Waals surface area contributed by atoms with E-state index in [9.17, 15) is 0 Å². The molecule has 20 heavy (non-hydrogen) atoms. The molecule has 1 fully saturated rings. The van der Waals surface area contributed by atoms with E-state index < -0.39 is 0 Å². The van der Waals surface area contributed by atoms with Crippen molar-refractivity contribution in [1.29, 1.82) is 0 Å². The molecule has 1 aromatic rings. The van der Waals surface area contributed by atoms with Crippen LogP contribution in [0.15, 0.2) is 12.1 Å². The van der Waals surface area contributed by atoms with Gasteiger partial charge in [0.05, 0.1) is 5.02 Å². The average Bonchev–Trinajstić information content (AvgIpc) is 2.48. The van der Waals surface area contributed by atoms with E-state index in [2.05, 4.69) is 22.8 Å². The van der Waals surface area contributed by atoms with Crippen molar-refractivity contribution < 1.29 is 9.47 Å². The summed E-state index contributed by atoms with van der Waals surface area (Å²) < 4.78 is 11.2. The van der Waals surface area contributed by atoms with E-state index in [0.29, 0.717) is 24.0 Å². The van der Waals surface area contributed by atoms with E-state index in [1.807, 2.05) is 6.07 Å². The second kappa shape index (κ2) is 6.20. The fraction of sp³-hybridized carbons (Fsp3) is 0.600. The van der Waals surface area contributed by atoms with Gasteiger partial charge in [0, 0.05) is 32.7 Å². The van der Waals surface area contributed by atoms with Gasteiger partial charge in [-0.15, -0.1) is 0 Å². The summed E-state index contributed by atoms with van der Waals surface area (Å²) in [4.78, 5) is 4.95. The molecule has 0 radical (unpaired) electrons. The highest BCUT2D eigenvalue weighted by atomic mass is 35.5. The van der Waals surface area contributed by atoms with E-state index in [-0.39, 0.29) is 0 Å². The first-order valence-electron chi connectivity index (χ1n) is 7.29. The van der Waals surface area contributed by atoms with Crippen molar-refractivity contribution in [3.8, 4) is 11.5 Å². The van der Waals surface area contributed by atoms with E-state index >= 15 is 0 Å². The molecule has 2 aliphatic heterocycles. The Morgan fingerprint density at radius 2 is 1.75 bits per heavy atom. The maximum absolute atomic E-state index is 6.28. The highest BCUT2D eigenvalue weighted by molar-refractivity contribution is 6.32. The topological polar surface area (TPSA) is 24.9 Å². The van der Waals surface area contributed by atoms with Crippen LogP contribution in [0.25, 0.3) is 0 Å². The molecule has 4 nitrogen and oxygen atoms in total. The molecule has 110 valence electrons. The standard InChI is InChI=1S/C15H21ClN2O2/c1-2-17-3-5-18(6-4-17)11-12-9-13(16)15-14(10-12)19-7-8-20-15/h9-10H,2-8,11H2,1H3. The average molecular weight is 297 g/mol. The highest BCUT2D eigenvalue weighted by Crippen LogP contribution is 2.38. The van der Waals surface area contributed by atoms with Crippen LogP contribution in [0.3, 0.4) is 0 Å². The summed E-state index contributed by atoms with van der Waals surface area (Å²) in [6.07, 6.45) is 0. The molecule has 0 saturated carbocycles. The maximum Gasteiger partial charge on any atom is 0.179 e. The van der Waals surface area contributed by atoms with Gasteiger partial charge in [-0.2, -0.15) is 0 Å². The Morgan fingerprint density at radius 1 is 1.05 bits per heavy atom. The van der Waals surface area contributed by atoms with Crippen molar-refractivity contribution >= 4 is 11.6 Å². The predicted molar refractivity (Wildman–Crippen MR) is 79.8 cm³/mol. The number of nitrogens with zero attached hydrogens (tertiary/aromatic N) is 2. The third kappa shape index (κ3) is 3.03. The SMILES string of the molecule is CCN1CCN(Cc2cc(Cl)c3c(c2)OCCO3)CC1. The molecule has 0 atom stereocenters. The Bertz CT molecular complexity index is 473. The quantitative estimate of drug-likeness (QED) is 0.854. The van der Waals surface area contributed by atoms with E-state index in [0.717, 1.165) is 45.0 Å². The van der Waals surface area contributed by atoms with Crippen LogP contribution in [0.1, 0.15) is 12.5 Å². The lowest BCUT2D eigenvalue weighted by Gasteiger charge is -2.34. The predicted octanol–water partition coefficient (Wildman–Crippen LogP) is 2.25. The minimum Gasteiger partial charge on any atom is -0.486 e. The zero-order valence-electron chi connectivity index (χ0n) is 11.9. The van der Waals surface area contributed by atoms with Gasteiger partial charge in [-0.05, 0) is 24.2 Å². The number of fused-ring (bicyclic) bond motifs is 1. The third-order valence-corrected chi connectivity index (χ3v) is 4.26. The first-order chi connectivity index (χ1) is 9.76. The number of rotatable bonds is 3. The van der Waals surface area contributed by atoms with Crippen molar-refractivity contribution in [3.05, 3.63) is 22.7 Å². The number of hydrogen-bond acceptors (Lipinski definition) is 4. The van der Waals surface area contributed by atoms with E-state index in [1.54, 1.807) is 0 Å². The van der Waals surface area contributed by atoms with Gasteiger partial charge in [0.15, 0.2) is 11.5 Å². The van der Waals surface area contributed by atoms with E-state index in [1.165, 1.54) is 5.56 Å². The largest absolute Gasteiger partial charge is 0.486 e. The minimum atomic E-state index is 0.574. The minimum absolute atomic E-state index is 0.574. The van der Waals surface area contributed by atoms with Gasteiger partial charge >= 0.3 is 0 Å². The number of benzene rings is 1. The Morgan fingerprint density at radius 3 is 2.50 bits per heavy atom. The first-order valence-corrected chi connectivity index (χ1v) is 7.67. The fourth-order valence-corrected chi connectivity index (χ4v) is 3.07. The molecule has 0 bridgehead atoms. The molecule has 5 heteroatoms. The number of piperazine rings is 1. The second-order valence-corrected chi connectivity index (χ2v) is 5.72. The van der Waals surface area contributed by atoms with Gasteiger partial charge in [-0.25, -0.2) is 0 Å². The number of hydrogen-bond donors (Lipinski definition) is 0. The van der Waals surface area contributed by atoms with Gasteiger partial charge in [-0.1, -0.05) is 18.5 Å². The van der Waals surface area contributed by atoms with Gasteiger partial charge in [0.25, 0.3) is 0 Å². The monoisotopic (exact) mass is 296 g/mol. The summed E-state index contributed by atoms with van der Waals surface area (Å²) in [5, 5.41) is 0.657. The molecule has 0 N–H and O–H groups in total. The summed E-state index contributed by atoms with van der Waals surface area (Å²) in [6, 6.07) is 4.06. The lowest BCUT2D eigenvalue weighted by atomic mass is 10.1. The van der Waals surface area contributed by atoms with Crippen LogP contribution < -0.4 is 9.47 Å². The summed E-state index contributed by atoms with van der Waals surface area (Å²) in [5.41, 5.74) is 1.20. The molecule has 2 heterocycles. The Hall–Kier alpha value is -0.970. The maximum atomic E-state index is 6.28. The molecule has 1 aromatic carbocycles. The zero-order chi connectivity index (χ0) is 13.9. The Balaban J connectivity index is 1.67. The number of halogens is 1. The van der Waals surface area contributed by atoms with Crippen molar-refractivity contribution in [2.45, 2.75) is 13.5 Å². The fourth-order valence-electron chi connectivity index (χ4n) is 2.78. The van der Waals surface area contributed by atoms with E-state index in [4.69, 9.17) is 21.1 Å². The Kier molecular flexibility index (Phi) is 4.34. The summed E-state index contributed by atoms with van der Waals surface area (Å²) in [7, 11) is 0. The van der Waals surface area contributed by atoms with Gasteiger partial charge in [0.1, 0.15) is 13.2 Å². The molecule has 0 aromatic heterocycles. The number of ether oxygens (including phenoxy) is 2. The second-order valence-electron chi connectivity index (χ2n) is 5.31. The highest BCUT2D eigenvalue weighted by Gasteiger charge is 2.19. The molecular formula is C15H21ClN2O2. The van der Waals surface area contributed by atoms with Crippen LogP contribution in [-0.4, -0.2) is 55.7 Å². The molecule has 2 aliphatic rings. The lowest BCUT2D eigenvalue weighted by molar-refractivity contribution is 0.131. The van der Waals surface area contributed by atoms with Crippen molar-refractivity contribution in [1.82, 2.24) is 9.80 Å². The lowest BCUT2D eigenvalue weighted by Crippen LogP contribution is -2.45. The van der Waals surface area contributed by atoms with Crippen molar-refractivity contribution in [3.63, 3.8) is 0 Å². The van der Waals surface area contributed by atoms with Crippen molar-refractivity contribution in [2.24, 2.45) is 0 Å². The first kappa shape index (κ1) is 14.0. The van der Waals surface area contributed by atoms with Crippen LogP contribution in [-0.2, 0) is 6.54 Å². The third-order valence-electron chi connectivity index (χ3n) is 3.97. The smallest absolute Gasteiger partial charge is 0.179 e. The molecular weight excluding hydrogens is 276 g/mol. The van der Waals surface area contributed by atoms with Crippen LogP contribution in [0.4, 0.5) is 0 Å². The molecule has 0 spiro atoms. The molecule has 0 amide bonds. The summed E-state index contributed by atoms with van der Waals surface area (Å²) >= 11 is 6.28. The van der Waals surface area contributed by atoms with Crippen LogP contribution in [0, 0.1) is 0 Å². The Labute approximate surface area is 125 Å². The molecule has 0 unspecified atom stereocenters. The van der Waals surface area contributed by atoms with Gasteiger partial charge in [0.2, 0.25) is 0 Å². The number of likely N-dealkylation sites (N-methyl/N-ethyl adjacent to an activating group) is 1. The van der Waals surface area contributed by atoms with Crippen molar-refractivity contribution in [2.75, 3.05) is 45.9 Å². The summed E-state index contributed by atoms with van der Waals surface area (Å²) in [6.45, 7) is 9.98. The van der Waals surface area contributed by atoms with Crippen LogP contribution in [0.5, 0.6) is 11.5 Å². The zero-order valence-corrected chi connectivity index (χ0v) is 12.7. The van der Waals surface area contributed by atoms with Gasteiger partial charge < -0.3 is 14.4 Å². The van der Waals surface area contributed by atoms with Crippen LogP contribution in [0.2, 0.25) is 5.02 Å². The van der Waals surface area contributed by atoms with Gasteiger partial charge in [-0.3, -0.25) is 4.90 Å². The normalized spacial score (nSPS) is 20.1. The van der Waals surface area contributed by atoms with Crippen LogP contribution >= 0.6 is 11.6 Å². The molecule has 1 saturated heterocycles. The molecule has 3 rings (SSSR count). The summed E-state index contributed by atoms with van der Waals surface area (Å²) in [5.74, 6) is 1.48. The molecule has 0 aliphatic carbocycles.